The van der Waals surface area contributed by atoms with Crippen LogP contribution >= 0.6 is 0 Å². The monoisotopic (exact) mass is 374 g/mol. The Bertz CT molecular complexity index is 571. The Balaban J connectivity index is 1.83. The molecule has 2 N–H and O–H groups in total. The van der Waals surface area contributed by atoms with E-state index in [1.54, 1.807) is 0 Å². The first-order valence-electron chi connectivity index (χ1n) is 10.4. The largest absolute Gasteiger partial charge is 0.357 e. The maximum absolute atomic E-state index is 4.59. The summed E-state index contributed by atoms with van der Waals surface area (Å²) in [6, 6.07) is 4.23. The number of hydrogen-bond donors (Lipinski definition) is 2. The van der Waals surface area contributed by atoms with Crippen molar-refractivity contribution < 1.29 is 0 Å². The second-order valence-electron chi connectivity index (χ2n) is 7.84. The molecule has 0 spiro atoms. The topological polar surface area (TPSA) is 55.8 Å². The van der Waals surface area contributed by atoms with Gasteiger partial charge in [0.1, 0.15) is 5.82 Å². The van der Waals surface area contributed by atoms with Crippen LogP contribution in [0.4, 0.5) is 5.82 Å². The van der Waals surface area contributed by atoms with Crippen LogP contribution in [-0.4, -0.2) is 61.2 Å². The summed E-state index contributed by atoms with van der Waals surface area (Å²) in [5.41, 5.74) is 1.29. The molecular weight excluding hydrogens is 336 g/mol. The van der Waals surface area contributed by atoms with Crippen molar-refractivity contribution in [2.75, 3.05) is 44.7 Å². The number of hydrogen-bond acceptors (Lipinski definition) is 4. The Morgan fingerprint density at radius 3 is 2.41 bits per heavy atom. The number of aromatic nitrogens is 1. The lowest BCUT2D eigenvalue weighted by Crippen LogP contribution is -2.54. The lowest BCUT2D eigenvalue weighted by molar-refractivity contribution is 0.0982. The van der Waals surface area contributed by atoms with Crippen molar-refractivity contribution in [3.8, 4) is 0 Å². The van der Waals surface area contributed by atoms with Crippen LogP contribution < -0.4 is 15.5 Å². The minimum atomic E-state index is 0.130. The average molecular weight is 375 g/mol. The number of nitrogens with one attached hydrogen (secondary N) is 2. The third kappa shape index (κ3) is 6.38. The predicted octanol–water partition coefficient (Wildman–Crippen LogP) is 2.86. The van der Waals surface area contributed by atoms with E-state index in [1.165, 1.54) is 32.4 Å². The number of guanidine groups is 1. The quantitative estimate of drug-likeness (QED) is 0.541. The Morgan fingerprint density at radius 1 is 1.15 bits per heavy atom. The first-order valence-corrected chi connectivity index (χ1v) is 10.4. The van der Waals surface area contributed by atoms with Crippen LogP contribution in [0, 0.1) is 0 Å². The van der Waals surface area contributed by atoms with E-state index in [1.807, 2.05) is 13.2 Å². The molecule has 27 heavy (non-hydrogen) atoms. The number of rotatable bonds is 8. The molecule has 6 nitrogen and oxygen atoms in total. The van der Waals surface area contributed by atoms with E-state index in [2.05, 4.69) is 70.2 Å². The lowest BCUT2D eigenvalue weighted by atomic mass is 9.98. The van der Waals surface area contributed by atoms with Crippen LogP contribution in [0.15, 0.2) is 23.3 Å². The van der Waals surface area contributed by atoms with E-state index >= 15 is 0 Å². The van der Waals surface area contributed by atoms with Gasteiger partial charge in [0.05, 0.1) is 0 Å². The van der Waals surface area contributed by atoms with Gasteiger partial charge in [0.25, 0.3) is 0 Å². The normalized spacial score (nSPS) is 16.3. The molecule has 6 heteroatoms. The molecule has 1 aromatic heterocycles. The Morgan fingerprint density at radius 2 is 1.85 bits per heavy atom. The van der Waals surface area contributed by atoms with Crippen molar-refractivity contribution in [2.45, 2.75) is 59.0 Å². The average Bonchev–Trinajstić information content (AvgIpc) is 2.70. The second kappa shape index (κ2) is 10.5. The van der Waals surface area contributed by atoms with Crippen molar-refractivity contribution in [3.05, 3.63) is 23.9 Å². The number of aliphatic imine (C=N–C) groups is 1. The van der Waals surface area contributed by atoms with Gasteiger partial charge in [-0.25, -0.2) is 4.98 Å². The first kappa shape index (κ1) is 21.5. The van der Waals surface area contributed by atoms with E-state index in [0.29, 0.717) is 0 Å². The summed E-state index contributed by atoms with van der Waals surface area (Å²) in [6.45, 7) is 14.9. The minimum Gasteiger partial charge on any atom is -0.357 e. The fraction of sp³-hybridized carbons (Fsp3) is 0.714. The number of nitrogens with zero attached hydrogens (tertiary/aromatic N) is 4. The summed E-state index contributed by atoms with van der Waals surface area (Å²) in [5.74, 6) is 1.88. The lowest BCUT2D eigenvalue weighted by Gasteiger charge is -2.41. The molecule has 152 valence electrons. The van der Waals surface area contributed by atoms with E-state index in [-0.39, 0.29) is 5.54 Å². The fourth-order valence-corrected chi connectivity index (χ4v) is 3.57. The number of pyridine rings is 1. The highest BCUT2D eigenvalue weighted by atomic mass is 15.2. The summed E-state index contributed by atoms with van der Waals surface area (Å²) in [5, 5.41) is 6.90. The van der Waals surface area contributed by atoms with Crippen molar-refractivity contribution in [3.63, 3.8) is 0 Å². The zero-order chi connectivity index (χ0) is 19.7. The summed E-state index contributed by atoms with van der Waals surface area (Å²) >= 11 is 0. The van der Waals surface area contributed by atoms with Crippen LogP contribution in [0.1, 0.15) is 52.5 Å². The molecule has 1 saturated heterocycles. The molecule has 1 aliphatic rings. The smallest absolute Gasteiger partial charge is 0.191 e. The molecule has 0 amide bonds. The van der Waals surface area contributed by atoms with Crippen molar-refractivity contribution in [1.29, 1.82) is 0 Å². The Kier molecular flexibility index (Phi) is 8.35. The zero-order valence-electron chi connectivity index (χ0n) is 17.9. The minimum absolute atomic E-state index is 0.130. The van der Waals surface area contributed by atoms with Crippen molar-refractivity contribution in [2.24, 2.45) is 4.99 Å². The molecule has 2 heterocycles. The highest BCUT2D eigenvalue weighted by molar-refractivity contribution is 5.79. The SMILES string of the molecule is CCN(CC)c1ccc(CNC(=NC)NCC(C)(C)N2CCCCC2)cn1. The molecule has 0 unspecified atom stereocenters. The van der Waals surface area contributed by atoms with Crippen molar-refractivity contribution >= 4 is 11.8 Å². The Labute approximate surface area is 165 Å². The zero-order valence-corrected chi connectivity index (χ0v) is 17.9. The summed E-state index contributed by atoms with van der Waals surface area (Å²) in [4.78, 5) is 13.8. The van der Waals surface area contributed by atoms with Crippen LogP contribution in [-0.2, 0) is 6.54 Å². The number of likely N-dealkylation sites (tertiary alicyclic amines) is 1. The van der Waals surface area contributed by atoms with Crippen LogP contribution in [0.3, 0.4) is 0 Å². The fourth-order valence-electron chi connectivity index (χ4n) is 3.57. The maximum atomic E-state index is 4.59. The van der Waals surface area contributed by atoms with Gasteiger partial charge < -0.3 is 15.5 Å². The van der Waals surface area contributed by atoms with Gasteiger partial charge >= 0.3 is 0 Å². The van der Waals surface area contributed by atoms with Gasteiger partial charge in [0, 0.05) is 45.0 Å². The van der Waals surface area contributed by atoms with Crippen LogP contribution in [0.2, 0.25) is 0 Å². The van der Waals surface area contributed by atoms with E-state index in [4.69, 9.17) is 0 Å². The van der Waals surface area contributed by atoms with Crippen molar-refractivity contribution in [1.82, 2.24) is 20.5 Å². The van der Waals surface area contributed by atoms with E-state index in [9.17, 15) is 0 Å². The standard InChI is InChI=1S/C21H38N6/c1-6-26(7-2)19-12-11-18(15-23-19)16-24-20(22-5)25-17-21(3,4)27-13-9-8-10-14-27/h11-12,15H,6-10,13-14,16-17H2,1-5H3,(H2,22,24,25). The van der Waals surface area contributed by atoms with Gasteiger partial charge in [-0.15, -0.1) is 0 Å². The summed E-state index contributed by atoms with van der Waals surface area (Å²) in [7, 11) is 1.82. The molecule has 1 fully saturated rings. The van der Waals surface area contributed by atoms with Crippen LogP contribution in [0.5, 0.6) is 0 Å². The van der Waals surface area contributed by atoms with Gasteiger partial charge in [-0.2, -0.15) is 0 Å². The molecule has 0 aliphatic carbocycles. The molecule has 1 aliphatic heterocycles. The predicted molar refractivity (Wildman–Crippen MR) is 116 cm³/mol. The molecule has 0 atom stereocenters. The molecule has 2 rings (SSSR count). The van der Waals surface area contributed by atoms with Gasteiger partial charge in [-0.1, -0.05) is 12.5 Å². The summed E-state index contributed by atoms with van der Waals surface area (Å²) < 4.78 is 0. The van der Waals surface area contributed by atoms with E-state index in [0.717, 1.165) is 43.5 Å². The molecule has 1 aromatic rings. The van der Waals surface area contributed by atoms with Gasteiger partial charge in [0.15, 0.2) is 5.96 Å². The van der Waals surface area contributed by atoms with Gasteiger partial charge in [-0.05, 0) is 65.3 Å². The van der Waals surface area contributed by atoms with E-state index < -0.39 is 0 Å². The third-order valence-electron chi connectivity index (χ3n) is 5.48. The number of anilines is 1. The molecule has 0 saturated carbocycles. The van der Waals surface area contributed by atoms with Crippen LogP contribution in [0.25, 0.3) is 0 Å². The maximum Gasteiger partial charge on any atom is 0.191 e. The van der Waals surface area contributed by atoms with Gasteiger partial charge in [0.2, 0.25) is 0 Å². The third-order valence-corrected chi connectivity index (χ3v) is 5.48. The highest BCUT2D eigenvalue weighted by Gasteiger charge is 2.27. The molecular formula is C21H38N6. The highest BCUT2D eigenvalue weighted by Crippen LogP contribution is 2.19. The molecule has 0 aromatic carbocycles. The molecule has 0 bridgehead atoms. The second-order valence-corrected chi connectivity index (χ2v) is 7.84. The molecule has 0 radical (unpaired) electrons. The Hall–Kier alpha value is -1.82. The first-order chi connectivity index (χ1) is 13.0. The number of piperidine rings is 1. The summed E-state index contributed by atoms with van der Waals surface area (Å²) in [6.07, 6.45) is 5.94. The van der Waals surface area contributed by atoms with Gasteiger partial charge in [-0.3, -0.25) is 9.89 Å².